The lowest BCUT2D eigenvalue weighted by atomic mass is 10.0. The Morgan fingerprint density at radius 3 is 1.50 bits per heavy atom. The first-order valence-corrected chi connectivity index (χ1v) is 4.49. The molecule has 2 nitrogen and oxygen atoms in total. The molecule has 1 aliphatic rings. The van der Waals surface area contributed by atoms with Crippen molar-refractivity contribution >= 4 is 0 Å². The number of nitrogens with one attached hydrogen (secondary N) is 2. The summed E-state index contributed by atoms with van der Waals surface area (Å²) in [7, 11) is 0. The van der Waals surface area contributed by atoms with Crippen molar-refractivity contribution in [2.45, 2.75) is 27.7 Å². The van der Waals surface area contributed by atoms with E-state index in [0.717, 1.165) is 5.82 Å². The number of rotatable bonds is 2. The van der Waals surface area contributed by atoms with Gasteiger partial charge in [-0.25, -0.2) is 0 Å². The predicted octanol–water partition coefficient (Wildman–Crippen LogP) is 2.17. The highest BCUT2D eigenvalue weighted by Gasteiger charge is 2.20. The Balaban J connectivity index is 2.88. The molecule has 1 aliphatic heterocycles. The van der Waals surface area contributed by atoms with E-state index in [-0.39, 0.29) is 0 Å². The Morgan fingerprint density at radius 1 is 0.917 bits per heavy atom. The van der Waals surface area contributed by atoms with Gasteiger partial charge in [0.05, 0.1) is 5.82 Å². The van der Waals surface area contributed by atoms with Crippen molar-refractivity contribution in [3.8, 4) is 0 Å². The smallest absolute Gasteiger partial charge is 0.0998 e. The first-order valence-electron chi connectivity index (χ1n) is 4.49. The second kappa shape index (κ2) is 3.21. The molecule has 0 spiro atoms. The van der Waals surface area contributed by atoms with E-state index in [1.807, 2.05) is 0 Å². The van der Waals surface area contributed by atoms with Gasteiger partial charge in [0.15, 0.2) is 0 Å². The minimum absolute atomic E-state index is 0.536. The molecule has 0 aromatic rings. The zero-order valence-corrected chi connectivity index (χ0v) is 8.36. The topological polar surface area (TPSA) is 24.1 Å². The van der Waals surface area contributed by atoms with Crippen molar-refractivity contribution in [1.82, 2.24) is 10.6 Å². The molecule has 0 unspecified atom stereocenters. The standard InChI is InChI=1S/C10H18N2/c1-6(2)9-10(7(3)4)12-8(5)11-9/h6-7,11-12H,5H2,1-4H3. The molecule has 1 heterocycles. The normalized spacial score (nSPS) is 17.3. The van der Waals surface area contributed by atoms with Gasteiger partial charge in [-0.3, -0.25) is 0 Å². The molecule has 0 aromatic carbocycles. The molecule has 0 fully saturated rings. The largest absolute Gasteiger partial charge is 0.344 e. The van der Waals surface area contributed by atoms with Crippen LogP contribution in [-0.4, -0.2) is 0 Å². The molecule has 0 saturated carbocycles. The molecule has 1 rings (SSSR count). The second-order valence-electron chi connectivity index (χ2n) is 3.87. The van der Waals surface area contributed by atoms with Crippen molar-refractivity contribution in [1.29, 1.82) is 0 Å². The van der Waals surface area contributed by atoms with Crippen molar-refractivity contribution in [3.05, 3.63) is 23.8 Å². The van der Waals surface area contributed by atoms with Crippen molar-refractivity contribution in [3.63, 3.8) is 0 Å². The highest BCUT2D eigenvalue weighted by atomic mass is 15.2. The number of allylic oxidation sites excluding steroid dienone is 2. The Hall–Kier alpha value is -0.920. The highest BCUT2D eigenvalue weighted by Crippen LogP contribution is 2.22. The van der Waals surface area contributed by atoms with Crippen LogP contribution in [-0.2, 0) is 0 Å². The van der Waals surface area contributed by atoms with Gasteiger partial charge in [0.1, 0.15) is 0 Å². The first-order chi connectivity index (χ1) is 5.52. The summed E-state index contributed by atoms with van der Waals surface area (Å²) in [5.74, 6) is 1.98. The molecule has 0 amide bonds. The van der Waals surface area contributed by atoms with E-state index in [2.05, 4.69) is 44.9 Å². The fourth-order valence-corrected chi connectivity index (χ4v) is 1.40. The summed E-state index contributed by atoms with van der Waals surface area (Å²) >= 11 is 0. The Kier molecular flexibility index (Phi) is 2.46. The molecule has 2 heteroatoms. The van der Waals surface area contributed by atoms with Gasteiger partial charge in [0.2, 0.25) is 0 Å². The summed E-state index contributed by atoms with van der Waals surface area (Å²) in [6, 6.07) is 0. The molecular formula is C10H18N2. The second-order valence-corrected chi connectivity index (χ2v) is 3.87. The molecule has 0 bridgehead atoms. The van der Waals surface area contributed by atoms with Crippen LogP contribution in [0.15, 0.2) is 23.8 Å². The molecule has 0 aliphatic carbocycles. The predicted molar refractivity (Wildman–Crippen MR) is 52.1 cm³/mol. The molecule has 2 N–H and O–H groups in total. The first kappa shape index (κ1) is 9.17. The molecule has 0 aromatic heterocycles. The zero-order valence-electron chi connectivity index (χ0n) is 8.36. The Labute approximate surface area is 74.7 Å². The fourth-order valence-electron chi connectivity index (χ4n) is 1.40. The van der Waals surface area contributed by atoms with Crippen LogP contribution in [0.4, 0.5) is 0 Å². The van der Waals surface area contributed by atoms with Crippen LogP contribution in [0, 0.1) is 11.8 Å². The van der Waals surface area contributed by atoms with Gasteiger partial charge < -0.3 is 10.6 Å². The summed E-state index contributed by atoms with van der Waals surface area (Å²) in [6.45, 7) is 12.6. The molecule has 12 heavy (non-hydrogen) atoms. The van der Waals surface area contributed by atoms with Crippen LogP contribution in [0.1, 0.15) is 27.7 Å². The van der Waals surface area contributed by atoms with Crippen molar-refractivity contribution in [2.24, 2.45) is 11.8 Å². The highest BCUT2D eigenvalue weighted by molar-refractivity contribution is 5.27. The third-order valence-electron chi connectivity index (χ3n) is 2.02. The average molecular weight is 166 g/mol. The SMILES string of the molecule is C=C1NC(C(C)C)=C(C(C)C)N1. The summed E-state index contributed by atoms with van der Waals surface area (Å²) in [5, 5.41) is 6.52. The minimum atomic E-state index is 0.536. The van der Waals surface area contributed by atoms with E-state index in [9.17, 15) is 0 Å². The van der Waals surface area contributed by atoms with Crippen molar-refractivity contribution in [2.75, 3.05) is 0 Å². The summed E-state index contributed by atoms with van der Waals surface area (Å²) < 4.78 is 0. The van der Waals surface area contributed by atoms with Crippen LogP contribution in [0.3, 0.4) is 0 Å². The van der Waals surface area contributed by atoms with Gasteiger partial charge >= 0.3 is 0 Å². The summed E-state index contributed by atoms with van der Waals surface area (Å²) in [4.78, 5) is 0. The van der Waals surface area contributed by atoms with Gasteiger partial charge in [0, 0.05) is 11.4 Å². The monoisotopic (exact) mass is 166 g/mol. The zero-order chi connectivity index (χ0) is 9.30. The van der Waals surface area contributed by atoms with Crippen molar-refractivity contribution < 1.29 is 0 Å². The van der Waals surface area contributed by atoms with Gasteiger partial charge in [-0.2, -0.15) is 0 Å². The molecular weight excluding hydrogens is 148 g/mol. The number of hydrogen-bond donors (Lipinski definition) is 2. The molecule has 0 atom stereocenters. The van der Waals surface area contributed by atoms with E-state index >= 15 is 0 Å². The minimum Gasteiger partial charge on any atom is -0.344 e. The van der Waals surface area contributed by atoms with Gasteiger partial charge in [-0.05, 0) is 11.8 Å². The number of hydrogen-bond acceptors (Lipinski definition) is 2. The van der Waals surface area contributed by atoms with Gasteiger partial charge in [0.25, 0.3) is 0 Å². The van der Waals surface area contributed by atoms with E-state index in [4.69, 9.17) is 0 Å². The fraction of sp³-hybridized carbons (Fsp3) is 0.600. The maximum atomic E-state index is 3.86. The van der Waals surface area contributed by atoms with E-state index < -0.39 is 0 Å². The van der Waals surface area contributed by atoms with Crippen LogP contribution in [0.25, 0.3) is 0 Å². The van der Waals surface area contributed by atoms with Crippen LogP contribution < -0.4 is 10.6 Å². The Bertz CT molecular complexity index is 202. The third-order valence-corrected chi connectivity index (χ3v) is 2.02. The quantitative estimate of drug-likeness (QED) is 0.657. The van der Waals surface area contributed by atoms with Crippen LogP contribution >= 0.6 is 0 Å². The van der Waals surface area contributed by atoms with E-state index in [1.54, 1.807) is 0 Å². The maximum Gasteiger partial charge on any atom is 0.0998 e. The lowest BCUT2D eigenvalue weighted by Gasteiger charge is -2.11. The van der Waals surface area contributed by atoms with Crippen LogP contribution in [0.5, 0.6) is 0 Å². The summed E-state index contributed by atoms with van der Waals surface area (Å²) in [6.07, 6.45) is 0. The molecule has 0 saturated heterocycles. The van der Waals surface area contributed by atoms with E-state index in [1.165, 1.54) is 11.4 Å². The van der Waals surface area contributed by atoms with Gasteiger partial charge in [-0.15, -0.1) is 0 Å². The third kappa shape index (κ3) is 1.63. The van der Waals surface area contributed by atoms with Gasteiger partial charge in [-0.1, -0.05) is 34.3 Å². The lowest BCUT2D eigenvalue weighted by molar-refractivity contribution is 0.667. The maximum absolute atomic E-state index is 3.86. The van der Waals surface area contributed by atoms with E-state index in [0.29, 0.717) is 11.8 Å². The Morgan fingerprint density at radius 2 is 1.25 bits per heavy atom. The average Bonchev–Trinajstić information content (AvgIpc) is 2.31. The van der Waals surface area contributed by atoms with Crippen LogP contribution in [0.2, 0.25) is 0 Å². The molecule has 68 valence electrons. The molecule has 0 radical (unpaired) electrons. The summed E-state index contributed by atoms with van der Waals surface area (Å²) in [5.41, 5.74) is 2.57. The lowest BCUT2D eigenvalue weighted by Crippen LogP contribution is -2.13.